The number of hydrogen-bond donors (Lipinski definition) is 3. The van der Waals surface area contributed by atoms with E-state index in [4.69, 9.17) is 0 Å². The van der Waals surface area contributed by atoms with Crippen LogP contribution in [0.3, 0.4) is 0 Å². The highest BCUT2D eigenvalue weighted by atomic mass is 16.3. The van der Waals surface area contributed by atoms with Crippen molar-refractivity contribution in [2.45, 2.75) is 44.9 Å². The summed E-state index contributed by atoms with van der Waals surface area (Å²) in [5.74, 6) is 2.05. The van der Waals surface area contributed by atoms with Gasteiger partial charge in [-0.3, -0.25) is 9.78 Å². The van der Waals surface area contributed by atoms with E-state index in [0.717, 1.165) is 38.3 Å². The standard InChI is InChI=1S/C16H27N7O/c1-4-23-10-11(8-18-23)7-17-9-13-5-12(6-14(13)24)15-19-16(21-20-15)22(2)3/h8,10,12-14,17,24H,4-7,9H2,1-3H3,(H,19,20,21)/t12-,13+,14+/m0/s1. The number of hydrogen-bond acceptors (Lipinski definition) is 6. The van der Waals surface area contributed by atoms with Crippen LogP contribution >= 0.6 is 0 Å². The van der Waals surface area contributed by atoms with Crippen LogP contribution in [0.1, 0.15) is 37.1 Å². The minimum atomic E-state index is -0.297. The normalized spacial score (nSPS) is 23.8. The largest absolute Gasteiger partial charge is 0.393 e. The number of anilines is 1. The monoisotopic (exact) mass is 333 g/mol. The highest BCUT2D eigenvalue weighted by Crippen LogP contribution is 2.37. The molecule has 3 rings (SSSR count). The Morgan fingerprint density at radius 2 is 2.25 bits per heavy atom. The number of aryl methyl sites for hydroxylation is 1. The summed E-state index contributed by atoms with van der Waals surface area (Å²) in [6.07, 6.45) is 5.31. The summed E-state index contributed by atoms with van der Waals surface area (Å²) >= 11 is 0. The van der Waals surface area contributed by atoms with Crippen molar-refractivity contribution in [1.82, 2.24) is 30.3 Å². The molecule has 1 saturated carbocycles. The van der Waals surface area contributed by atoms with Crippen LogP contribution in [0.5, 0.6) is 0 Å². The van der Waals surface area contributed by atoms with Crippen molar-refractivity contribution in [1.29, 1.82) is 0 Å². The van der Waals surface area contributed by atoms with Crippen molar-refractivity contribution in [2.24, 2.45) is 5.92 Å². The van der Waals surface area contributed by atoms with E-state index in [2.05, 4.69) is 38.7 Å². The van der Waals surface area contributed by atoms with Gasteiger partial charge >= 0.3 is 0 Å². The fourth-order valence-electron chi connectivity index (χ4n) is 3.27. The molecule has 3 atom stereocenters. The molecule has 2 aromatic rings. The summed E-state index contributed by atoms with van der Waals surface area (Å²) in [4.78, 5) is 6.39. The lowest BCUT2D eigenvalue weighted by atomic mass is 10.0. The predicted octanol–water partition coefficient (Wildman–Crippen LogP) is 0.731. The molecule has 1 aliphatic carbocycles. The lowest BCUT2D eigenvalue weighted by Crippen LogP contribution is -2.27. The minimum Gasteiger partial charge on any atom is -0.393 e. The van der Waals surface area contributed by atoms with Crippen LogP contribution in [0.15, 0.2) is 12.4 Å². The molecule has 0 saturated heterocycles. The second-order valence-corrected chi connectivity index (χ2v) is 6.75. The number of rotatable bonds is 7. The van der Waals surface area contributed by atoms with Gasteiger partial charge in [0.25, 0.3) is 0 Å². The fraction of sp³-hybridized carbons (Fsp3) is 0.688. The van der Waals surface area contributed by atoms with Crippen molar-refractivity contribution in [2.75, 3.05) is 25.5 Å². The molecule has 0 aromatic carbocycles. The van der Waals surface area contributed by atoms with Crippen LogP contribution in [0.25, 0.3) is 0 Å². The summed E-state index contributed by atoms with van der Waals surface area (Å²) < 4.78 is 1.92. The van der Waals surface area contributed by atoms with Crippen molar-refractivity contribution >= 4 is 5.95 Å². The van der Waals surface area contributed by atoms with Crippen molar-refractivity contribution in [3.63, 3.8) is 0 Å². The van der Waals surface area contributed by atoms with E-state index in [1.807, 2.05) is 29.9 Å². The van der Waals surface area contributed by atoms with E-state index < -0.39 is 0 Å². The van der Waals surface area contributed by atoms with Gasteiger partial charge in [0.2, 0.25) is 5.95 Å². The molecular weight excluding hydrogens is 306 g/mol. The highest BCUT2D eigenvalue weighted by Gasteiger charge is 2.35. The van der Waals surface area contributed by atoms with Crippen molar-refractivity contribution < 1.29 is 5.11 Å². The third-order valence-corrected chi connectivity index (χ3v) is 4.68. The van der Waals surface area contributed by atoms with Crippen LogP contribution in [0.4, 0.5) is 5.95 Å². The molecule has 1 aliphatic rings. The molecule has 2 aromatic heterocycles. The SMILES string of the molecule is CCn1cc(CNC[C@H]2C[C@H](c3nc(N(C)C)n[nH]3)C[C@H]2O)cn1. The predicted molar refractivity (Wildman–Crippen MR) is 91.8 cm³/mol. The number of aromatic nitrogens is 5. The zero-order chi connectivity index (χ0) is 17.1. The number of nitrogens with zero attached hydrogens (tertiary/aromatic N) is 5. The van der Waals surface area contributed by atoms with Gasteiger partial charge in [-0.05, 0) is 25.7 Å². The molecule has 0 unspecified atom stereocenters. The maximum Gasteiger partial charge on any atom is 0.244 e. The summed E-state index contributed by atoms with van der Waals surface area (Å²) in [5, 5.41) is 25.3. The van der Waals surface area contributed by atoms with Crippen molar-refractivity contribution in [3.8, 4) is 0 Å². The molecule has 1 fully saturated rings. The Bertz CT molecular complexity index is 650. The number of aliphatic hydroxyl groups is 1. The summed E-state index contributed by atoms with van der Waals surface area (Å²) in [6.45, 7) is 4.53. The Morgan fingerprint density at radius 3 is 2.92 bits per heavy atom. The molecule has 0 aliphatic heterocycles. The third-order valence-electron chi connectivity index (χ3n) is 4.68. The van der Waals surface area contributed by atoms with E-state index in [1.54, 1.807) is 0 Å². The molecule has 0 spiro atoms. The number of aliphatic hydroxyl groups excluding tert-OH is 1. The molecule has 24 heavy (non-hydrogen) atoms. The zero-order valence-corrected chi connectivity index (χ0v) is 14.6. The van der Waals surface area contributed by atoms with Gasteiger partial charge in [-0.15, -0.1) is 5.10 Å². The Labute approximate surface area is 142 Å². The Hall–Kier alpha value is -1.93. The number of nitrogens with one attached hydrogen (secondary N) is 2. The topological polar surface area (TPSA) is 94.9 Å². The number of H-pyrrole nitrogens is 1. The molecule has 0 bridgehead atoms. The van der Waals surface area contributed by atoms with Gasteiger partial charge in [0, 0.05) is 51.4 Å². The Morgan fingerprint density at radius 1 is 1.42 bits per heavy atom. The second kappa shape index (κ2) is 7.31. The first-order chi connectivity index (χ1) is 11.6. The molecule has 8 heteroatoms. The van der Waals surface area contributed by atoms with E-state index in [-0.39, 0.29) is 17.9 Å². The molecule has 3 N–H and O–H groups in total. The first-order valence-electron chi connectivity index (χ1n) is 8.56. The highest BCUT2D eigenvalue weighted by molar-refractivity contribution is 5.26. The average Bonchev–Trinajstić information content (AvgIpc) is 3.27. The van der Waals surface area contributed by atoms with E-state index in [9.17, 15) is 5.11 Å². The molecule has 2 heterocycles. The van der Waals surface area contributed by atoms with E-state index in [1.165, 1.54) is 5.56 Å². The molecule has 132 valence electrons. The molecule has 0 radical (unpaired) electrons. The van der Waals surface area contributed by atoms with Crippen LogP contribution < -0.4 is 10.2 Å². The van der Waals surface area contributed by atoms with Crippen LogP contribution in [-0.4, -0.2) is 56.8 Å². The smallest absolute Gasteiger partial charge is 0.244 e. The van der Waals surface area contributed by atoms with Gasteiger partial charge in [0.1, 0.15) is 5.82 Å². The van der Waals surface area contributed by atoms with E-state index in [0.29, 0.717) is 5.95 Å². The zero-order valence-electron chi connectivity index (χ0n) is 14.6. The quantitative estimate of drug-likeness (QED) is 0.691. The lowest BCUT2D eigenvalue weighted by Gasteiger charge is -2.14. The van der Waals surface area contributed by atoms with Crippen LogP contribution in [-0.2, 0) is 13.1 Å². The number of aromatic amines is 1. The maximum atomic E-state index is 10.3. The van der Waals surface area contributed by atoms with Gasteiger partial charge < -0.3 is 15.3 Å². The van der Waals surface area contributed by atoms with Gasteiger partial charge in [-0.1, -0.05) is 0 Å². The Kier molecular flexibility index (Phi) is 5.15. The van der Waals surface area contributed by atoms with Gasteiger partial charge in [-0.25, -0.2) is 0 Å². The second-order valence-electron chi connectivity index (χ2n) is 6.75. The first kappa shape index (κ1) is 16.9. The maximum absolute atomic E-state index is 10.3. The van der Waals surface area contributed by atoms with Crippen molar-refractivity contribution in [3.05, 3.63) is 23.8 Å². The van der Waals surface area contributed by atoms with Gasteiger partial charge in [-0.2, -0.15) is 10.1 Å². The molecular formula is C16H27N7O. The third kappa shape index (κ3) is 3.76. The summed E-state index contributed by atoms with van der Waals surface area (Å²) in [5.41, 5.74) is 1.17. The Balaban J connectivity index is 1.50. The van der Waals surface area contributed by atoms with Gasteiger partial charge in [0.05, 0.1) is 12.3 Å². The molecule has 8 nitrogen and oxygen atoms in total. The van der Waals surface area contributed by atoms with Crippen LogP contribution in [0, 0.1) is 5.92 Å². The molecule has 0 amide bonds. The summed E-state index contributed by atoms with van der Waals surface area (Å²) in [6, 6.07) is 0. The minimum absolute atomic E-state index is 0.240. The summed E-state index contributed by atoms with van der Waals surface area (Å²) in [7, 11) is 3.84. The first-order valence-corrected chi connectivity index (χ1v) is 8.56. The average molecular weight is 333 g/mol. The van der Waals surface area contributed by atoms with E-state index >= 15 is 0 Å². The lowest BCUT2D eigenvalue weighted by molar-refractivity contribution is 0.131. The van der Waals surface area contributed by atoms with Gasteiger partial charge in [0.15, 0.2) is 0 Å². The fourth-order valence-corrected chi connectivity index (χ4v) is 3.27. The van der Waals surface area contributed by atoms with Crippen LogP contribution in [0.2, 0.25) is 0 Å².